The Balaban J connectivity index is 2.14. The van der Waals surface area contributed by atoms with E-state index in [1.54, 1.807) is 32.0 Å². The summed E-state index contributed by atoms with van der Waals surface area (Å²) >= 11 is 6.00. The van der Waals surface area contributed by atoms with Crippen LogP contribution in [0.3, 0.4) is 0 Å². The fourth-order valence-corrected chi connectivity index (χ4v) is 2.76. The monoisotopic (exact) mass is 339 g/mol. The molecular formula is C17H22ClNO4. The Labute approximate surface area is 141 Å². The van der Waals surface area contributed by atoms with E-state index in [1.165, 1.54) is 0 Å². The van der Waals surface area contributed by atoms with Crippen LogP contribution in [0.4, 0.5) is 0 Å². The van der Waals surface area contributed by atoms with Crippen LogP contribution < -0.4 is 10.1 Å². The van der Waals surface area contributed by atoms with E-state index < -0.39 is 17.9 Å². The van der Waals surface area contributed by atoms with Crippen molar-refractivity contribution < 1.29 is 19.4 Å². The van der Waals surface area contributed by atoms with E-state index in [2.05, 4.69) is 5.32 Å². The minimum absolute atomic E-state index is 0.123. The molecule has 0 radical (unpaired) electrons. The SMILES string of the molecule is CC(NC(=O)c1cc(Cl)ccc1OC1CCCC1)C(C)C(=O)O. The molecule has 1 aromatic rings. The van der Waals surface area contributed by atoms with Crippen molar-refractivity contribution in [1.29, 1.82) is 0 Å². The van der Waals surface area contributed by atoms with E-state index in [9.17, 15) is 9.59 Å². The number of benzene rings is 1. The average molecular weight is 340 g/mol. The Morgan fingerprint density at radius 2 is 1.96 bits per heavy atom. The zero-order valence-corrected chi connectivity index (χ0v) is 14.1. The van der Waals surface area contributed by atoms with E-state index in [4.69, 9.17) is 21.4 Å². The van der Waals surface area contributed by atoms with Crippen molar-refractivity contribution in [3.8, 4) is 5.75 Å². The molecule has 1 saturated carbocycles. The van der Waals surface area contributed by atoms with Gasteiger partial charge in [0.05, 0.1) is 17.6 Å². The summed E-state index contributed by atoms with van der Waals surface area (Å²) < 4.78 is 5.94. The normalized spacial score (nSPS) is 17.5. The molecule has 0 bridgehead atoms. The summed E-state index contributed by atoms with van der Waals surface area (Å²) in [5.41, 5.74) is 0.342. The Hall–Kier alpha value is -1.75. The Morgan fingerprint density at radius 1 is 1.30 bits per heavy atom. The molecule has 1 fully saturated rings. The first-order valence-corrected chi connectivity index (χ1v) is 8.26. The fourth-order valence-electron chi connectivity index (χ4n) is 2.59. The number of hydrogen-bond donors (Lipinski definition) is 2. The number of carboxylic acid groups (broad SMARTS) is 1. The van der Waals surface area contributed by atoms with Gasteiger partial charge in [-0.2, -0.15) is 0 Å². The highest BCUT2D eigenvalue weighted by molar-refractivity contribution is 6.31. The molecule has 23 heavy (non-hydrogen) atoms. The summed E-state index contributed by atoms with van der Waals surface area (Å²) in [6.07, 6.45) is 4.35. The van der Waals surface area contributed by atoms with Gasteiger partial charge in [-0.25, -0.2) is 0 Å². The van der Waals surface area contributed by atoms with E-state index in [0.29, 0.717) is 16.3 Å². The quantitative estimate of drug-likeness (QED) is 0.831. The highest BCUT2D eigenvalue weighted by Crippen LogP contribution is 2.28. The standard InChI is InChI=1S/C17H22ClNO4/c1-10(17(21)22)11(2)19-16(20)14-9-12(18)7-8-15(14)23-13-5-3-4-6-13/h7-11,13H,3-6H2,1-2H3,(H,19,20)(H,21,22). The number of amides is 1. The number of carboxylic acids is 1. The maximum absolute atomic E-state index is 12.5. The van der Waals surface area contributed by atoms with Gasteiger partial charge in [0.15, 0.2) is 0 Å². The third kappa shape index (κ3) is 4.61. The van der Waals surface area contributed by atoms with Gasteiger partial charge in [-0.3, -0.25) is 9.59 Å². The van der Waals surface area contributed by atoms with Crippen LogP contribution in [0.25, 0.3) is 0 Å². The van der Waals surface area contributed by atoms with Crippen molar-refractivity contribution in [2.75, 3.05) is 0 Å². The Morgan fingerprint density at radius 3 is 2.57 bits per heavy atom. The van der Waals surface area contributed by atoms with Crippen molar-refractivity contribution in [2.45, 2.75) is 51.7 Å². The predicted octanol–water partition coefficient (Wildman–Crippen LogP) is 3.50. The molecule has 0 aromatic heterocycles. The lowest BCUT2D eigenvalue weighted by atomic mass is 10.0. The molecule has 0 aliphatic heterocycles. The van der Waals surface area contributed by atoms with Crippen LogP contribution in [-0.2, 0) is 4.79 Å². The summed E-state index contributed by atoms with van der Waals surface area (Å²) in [5, 5.41) is 12.2. The van der Waals surface area contributed by atoms with Gasteiger partial charge in [-0.05, 0) is 57.7 Å². The molecule has 2 unspecified atom stereocenters. The highest BCUT2D eigenvalue weighted by atomic mass is 35.5. The second-order valence-electron chi connectivity index (χ2n) is 6.05. The van der Waals surface area contributed by atoms with Crippen LogP contribution >= 0.6 is 11.6 Å². The zero-order chi connectivity index (χ0) is 17.0. The molecule has 1 aliphatic rings. The largest absolute Gasteiger partial charge is 0.490 e. The zero-order valence-electron chi connectivity index (χ0n) is 13.3. The molecule has 1 aromatic carbocycles. The minimum atomic E-state index is -0.952. The first kappa shape index (κ1) is 17.6. The molecule has 126 valence electrons. The molecule has 1 amide bonds. The Kier molecular flexibility index (Phi) is 5.88. The van der Waals surface area contributed by atoms with Gasteiger partial charge in [0.1, 0.15) is 5.75 Å². The maximum atomic E-state index is 12.5. The number of ether oxygens (including phenoxy) is 1. The Bertz CT molecular complexity index is 584. The molecular weight excluding hydrogens is 318 g/mol. The van der Waals surface area contributed by atoms with Gasteiger partial charge in [-0.1, -0.05) is 11.6 Å². The number of carbonyl (C=O) groups excluding carboxylic acids is 1. The summed E-state index contributed by atoms with van der Waals surface area (Å²) in [7, 11) is 0. The first-order chi connectivity index (χ1) is 10.9. The topological polar surface area (TPSA) is 75.6 Å². The van der Waals surface area contributed by atoms with E-state index in [-0.39, 0.29) is 12.0 Å². The van der Waals surface area contributed by atoms with Crippen LogP contribution in [0.15, 0.2) is 18.2 Å². The number of rotatable bonds is 6. The van der Waals surface area contributed by atoms with E-state index >= 15 is 0 Å². The number of hydrogen-bond acceptors (Lipinski definition) is 3. The molecule has 0 spiro atoms. The molecule has 1 aliphatic carbocycles. The van der Waals surface area contributed by atoms with Gasteiger partial charge < -0.3 is 15.2 Å². The lowest BCUT2D eigenvalue weighted by Gasteiger charge is -2.20. The third-order valence-electron chi connectivity index (χ3n) is 4.28. The minimum Gasteiger partial charge on any atom is -0.490 e. The van der Waals surface area contributed by atoms with Gasteiger partial charge in [-0.15, -0.1) is 0 Å². The number of aliphatic carboxylic acids is 1. The summed E-state index contributed by atoms with van der Waals surface area (Å²) in [6, 6.07) is 4.44. The van der Waals surface area contributed by atoms with Crippen molar-refractivity contribution in [1.82, 2.24) is 5.32 Å². The first-order valence-electron chi connectivity index (χ1n) is 7.88. The summed E-state index contributed by atoms with van der Waals surface area (Å²) in [6.45, 7) is 3.22. The smallest absolute Gasteiger partial charge is 0.308 e. The molecule has 0 saturated heterocycles. The number of carbonyl (C=O) groups is 2. The molecule has 2 rings (SSSR count). The average Bonchev–Trinajstić information content (AvgIpc) is 3.00. The van der Waals surface area contributed by atoms with Crippen LogP contribution in [0.5, 0.6) is 5.75 Å². The van der Waals surface area contributed by atoms with Crippen LogP contribution in [-0.4, -0.2) is 29.1 Å². The summed E-state index contributed by atoms with van der Waals surface area (Å²) in [5.74, 6) is -1.52. The third-order valence-corrected chi connectivity index (χ3v) is 4.52. The molecule has 2 N–H and O–H groups in total. The fraction of sp³-hybridized carbons (Fsp3) is 0.529. The van der Waals surface area contributed by atoms with Gasteiger partial charge in [0.2, 0.25) is 0 Å². The highest BCUT2D eigenvalue weighted by Gasteiger charge is 2.24. The molecule has 2 atom stereocenters. The second-order valence-corrected chi connectivity index (χ2v) is 6.49. The van der Waals surface area contributed by atoms with E-state index in [0.717, 1.165) is 25.7 Å². The van der Waals surface area contributed by atoms with Crippen LogP contribution in [0.1, 0.15) is 49.9 Å². The van der Waals surface area contributed by atoms with E-state index in [1.807, 2.05) is 0 Å². The summed E-state index contributed by atoms with van der Waals surface area (Å²) in [4.78, 5) is 23.5. The van der Waals surface area contributed by atoms with Crippen LogP contribution in [0, 0.1) is 5.92 Å². The lowest BCUT2D eigenvalue weighted by Crippen LogP contribution is -2.40. The lowest BCUT2D eigenvalue weighted by molar-refractivity contribution is -0.141. The predicted molar refractivity (Wildman–Crippen MR) is 88.1 cm³/mol. The maximum Gasteiger partial charge on any atom is 0.308 e. The molecule has 0 heterocycles. The second kappa shape index (κ2) is 7.68. The number of halogens is 1. The van der Waals surface area contributed by atoms with Crippen LogP contribution in [0.2, 0.25) is 5.02 Å². The van der Waals surface area contributed by atoms with Crippen molar-refractivity contribution in [3.05, 3.63) is 28.8 Å². The van der Waals surface area contributed by atoms with Gasteiger partial charge >= 0.3 is 5.97 Å². The van der Waals surface area contributed by atoms with Crippen molar-refractivity contribution >= 4 is 23.5 Å². The van der Waals surface area contributed by atoms with Crippen molar-refractivity contribution in [2.24, 2.45) is 5.92 Å². The number of nitrogens with one attached hydrogen (secondary N) is 1. The van der Waals surface area contributed by atoms with Crippen molar-refractivity contribution in [3.63, 3.8) is 0 Å². The molecule has 6 heteroatoms. The molecule has 5 nitrogen and oxygen atoms in total. The van der Waals surface area contributed by atoms with Gasteiger partial charge in [0.25, 0.3) is 5.91 Å². The van der Waals surface area contributed by atoms with Gasteiger partial charge in [0, 0.05) is 11.1 Å².